The molecular weight excluding hydrogens is 851 g/mol. The highest BCUT2D eigenvalue weighted by Crippen LogP contribution is 2.19. The summed E-state index contributed by atoms with van der Waals surface area (Å²) < 4.78 is 0. The first kappa shape index (κ1) is 53.3. The summed E-state index contributed by atoms with van der Waals surface area (Å²) in [6.07, 6.45) is 4.94. The molecule has 1 aromatic heterocycles. The van der Waals surface area contributed by atoms with Gasteiger partial charge >= 0.3 is 0 Å². The van der Waals surface area contributed by atoms with Crippen LogP contribution in [0.25, 0.3) is 10.9 Å². The summed E-state index contributed by atoms with van der Waals surface area (Å²) in [7, 11) is 0. The summed E-state index contributed by atoms with van der Waals surface area (Å²) in [4.78, 5) is 120. The number of nitrogens with two attached hydrogens (primary N) is 4. The summed E-state index contributed by atoms with van der Waals surface area (Å²) >= 11 is 0. The van der Waals surface area contributed by atoms with Crippen LogP contribution >= 0.6 is 0 Å². The number of rotatable bonds is 30. The fourth-order valence-electron chi connectivity index (χ4n) is 6.84. The maximum Gasteiger partial charge on any atom is 0.242 e. The number of aliphatic imine (C=N–C) groups is 1. The third-order valence-corrected chi connectivity index (χ3v) is 10.5. The fourth-order valence-corrected chi connectivity index (χ4v) is 6.84. The summed E-state index contributed by atoms with van der Waals surface area (Å²) in [6, 6.07) is 16.5. The number of hydrogen-bond acceptors (Lipinski definition) is 10. The molecule has 0 aliphatic heterocycles. The van der Waals surface area contributed by atoms with E-state index in [4.69, 9.17) is 22.9 Å². The molecule has 21 heteroatoms. The molecule has 0 saturated heterocycles. The molecule has 11 N–H and O–H groups in total. The quantitative estimate of drug-likeness (QED) is 0.0242. The number of aromatic nitrogens is 1. The molecule has 3 rings (SSSR count). The molecular formula is C45H67N13O8. The summed E-state index contributed by atoms with van der Waals surface area (Å²) in [6.45, 7) is 1.38. The van der Waals surface area contributed by atoms with E-state index in [9.17, 15) is 38.4 Å². The standard InChI is InChI=1S/C45H67N13O8/c1-3-4-20-54(33(2)59)28-39(61)53-26-41(63)55(21-11-10-18-46)31-44(66)58(27-34-13-6-5-7-14-34)32-43(65)56(22-12-19-50-45(48)49)30-42(64)57(29-40(62)52-25-38(47)60)23-17-35-24-51-37-16-9-8-15-36(35)37/h5-9,13-16,24,51H,3-4,10-12,17-23,25-32,46H2,1-2H3,(H2,47,60)(H,52,62)(H,53,61)(H4,48,49,50). The zero-order chi connectivity index (χ0) is 48.4. The van der Waals surface area contributed by atoms with Gasteiger partial charge in [-0.15, -0.1) is 0 Å². The molecule has 0 spiro atoms. The number of amides is 8. The van der Waals surface area contributed by atoms with Crippen molar-refractivity contribution in [2.75, 3.05) is 85.1 Å². The monoisotopic (exact) mass is 918 g/mol. The summed E-state index contributed by atoms with van der Waals surface area (Å²) in [5.74, 6) is -4.71. The number of primary amides is 1. The van der Waals surface area contributed by atoms with Crippen LogP contribution in [0.3, 0.4) is 0 Å². The first-order valence-electron chi connectivity index (χ1n) is 22.1. The normalized spacial score (nSPS) is 10.7. The van der Waals surface area contributed by atoms with E-state index in [2.05, 4.69) is 20.6 Å². The van der Waals surface area contributed by atoms with E-state index >= 15 is 0 Å². The largest absolute Gasteiger partial charge is 0.370 e. The number of unbranched alkanes of at least 4 members (excludes halogenated alkanes) is 2. The SMILES string of the molecule is CCCCN(CC(=O)NCC(=O)N(CCCCN)CC(=O)N(CC(=O)N(CCCN=C(N)N)CC(=O)N(CCc1c[nH]c2ccccc12)CC(=O)NCC(N)=O)Cc1ccccc1)C(C)=O. The van der Waals surface area contributed by atoms with Crippen molar-refractivity contribution in [3.63, 3.8) is 0 Å². The Bertz CT molecular complexity index is 2110. The Morgan fingerprint density at radius 3 is 1.82 bits per heavy atom. The number of carbonyl (C=O) groups excluding carboxylic acids is 8. The molecule has 0 saturated carbocycles. The van der Waals surface area contributed by atoms with Crippen LogP contribution in [0.5, 0.6) is 0 Å². The van der Waals surface area contributed by atoms with Crippen LogP contribution in [0.1, 0.15) is 57.1 Å². The lowest BCUT2D eigenvalue weighted by Gasteiger charge is -2.31. The predicted octanol–water partition coefficient (Wildman–Crippen LogP) is -1.01. The maximum atomic E-state index is 14.4. The van der Waals surface area contributed by atoms with Gasteiger partial charge in [-0.1, -0.05) is 61.9 Å². The van der Waals surface area contributed by atoms with E-state index in [1.54, 1.807) is 30.3 Å². The molecule has 0 aliphatic rings. The van der Waals surface area contributed by atoms with Crippen LogP contribution in [-0.4, -0.2) is 168 Å². The van der Waals surface area contributed by atoms with E-state index in [1.165, 1.54) is 31.4 Å². The zero-order valence-electron chi connectivity index (χ0n) is 38.2. The van der Waals surface area contributed by atoms with Gasteiger partial charge in [-0.2, -0.15) is 0 Å². The molecule has 21 nitrogen and oxygen atoms in total. The topological polar surface area (TPSA) is 309 Å². The van der Waals surface area contributed by atoms with Crippen molar-refractivity contribution in [3.8, 4) is 0 Å². The highest BCUT2D eigenvalue weighted by molar-refractivity contribution is 5.93. The number of nitrogens with zero attached hydrogens (tertiary/aromatic N) is 6. The minimum atomic E-state index is -0.766. The van der Waals surface area contributed by atoms with Crippen molar-refractivity contribution in [3.05, 3.63) is 71.9 Å². The number of aromatic amines is 1. The summed E-state index contributed by atoms with van der Waals surface area (Å²) in [5.41, 5.74) is 24.5. The third-order valence-electron chi connectivity index (χ3n) is 10.5. The molecule has 3 aromatic rings. The number of fused-ring (bicyclic) bond motifs is 1. The number of para-hydroxylation sites is 1. The third kappa shape index (κ3) is 19.4. The van der Waals surface area contributed by atoms with Gasteiger partial charge in [0.25, 0.3) is 0 Å². The van der Waals surface area contributed by atoms with Crippen LogP contribution in [-0.2, 0) is 51.3 Å². The Kier molecular flexibility index (Phi) is 23.2. The lowest BCUT2D eigenvalue weighted by Crippen LogP contribution is -2.51. The van der Waals surface area contributed by atoms with Crippen molar-refractivity contribution in [1.29, 1.82) is 0 Å². The van der Waals surface area contributed by atoms with Gasteiger partial charge in [0.05, 0.1) is 39.3 Å². The van der Waals surface area contributed by atoms with E-state index in [-0.39, 0.29) is 57.6 Å². The summed E-state index contributed by atoms with van der Waals surface area (Å²) in [5, 5.41) is 5.91. The second-order valence-electron chi connectivity index (χ2n) is 15.8. The van der Waals surface area contributed by atoms with Crippen molar-refractivity contribution in [2.45, 2.75) is 58.9 Å². The van der Waals surface area contributed by atoms with E-state index < -0.39 is 80.6 Å². The molecule has 0 radical (unpaired) electrons. The molecule has 66 heavy (non-hydrogen) atoms. The molecule has 0 fully saturated rings. The first-order valence-corrected chi connectivity index (χ1v) is 22.1. The smallest absolute Gasteiger partial charge is 0.242 e. The van der Waals surface area contributed by atoms with Gasteiger partial charge in [0.15, 0.2) is 5.96 Å². The second-order valence-corrected chi connectivity index (χ2v) is 15.8. The van der Waals surface area contributed by atoms with Crippen LogP contribution in [0.4, 0.5) is 0 Å². The molecule has 2 aromatic carbocycles. The number of hydrogen-bond donors (Lipinski definition) is 7. The van der Waals surface area contributed by atoms with Gasteiger partial charge in [-0.25, -0.2) is 0 Å². The second kappa shape index (κ2) is 28.7. The van der Waals surface area contributed by atoms with Gasteiger partial charge in [0, 0.05) is 63.3 Å². The van der Waals surface area contributed by atoms with E-state index in [1.807, 2.05) is 37.4 Å². The van der Waals surface area contributed by atoms with Gasteiger partial charge in [-0.3, -0.25) is 43.3 Å². The van der Waals surface area contributed by atoms with Crippen molar-refractivity contribution < 1.29 is 38.4 Å². The minimum Gasteiger partial charge on any atom is -0.370 e. The molecule has 8 amide bonds. The highest BCUT2D eigenvalue weighted by atomic mass is 16.2. The van der Waals surface area contributed by atoms with Crippen molar-refractivity contribution in [1.82, 2.24) is 40.1 Å². The van der Waals surface area contributed by atoms with Gasteiger partial charge in [-0.05, 0) is 55.8 Å². The molecule has 0 atom stereocenters. The van der Waals surface area contributed by atoms with Gasteiger partial charge in [0.2, 0.25) is 47.3 Å². The Labute approximate surface area is 385 Å². The Balaban J connectivity index is 1.88. The van der Waals surface area contributed by atoms with Crippen molar-refractivity contribution >= 4 is 64.1 Å². The highest BCUT2D eigenvalue weighted by Gasteiger charge is 2.28. The maximum absolute atomic E-state index is 14.4. The number of nitrogens with one attached hydrogen (secondary N) is 3. The van der Waals surface area contributed by atoms with E-state index in [0.29, 0.717) is 44.3 Å². The van der Waals surface area contributed by atoms with Crippen LogP contribution in [0.2, 0.25) is 0 Å². The van der Waals surface area contributed by atoms with Crippen LogP contribution < -0.4 is 33.6 Å². The lowest BCUT2D eigenvalue weighted by molar-refractivity contribution is -0.147. The molecule has 0 unspecified atom stereocenters. The zero-order valence-corrected chi connectivity index (χ0v) is 38.2. The van der Waals surface area contributed by atoms with E-state index in [0.717, 1.165) is 22.9 Å². The molecule has 360 valence electrons. The molecule has 0 aliphatic carbocycles. The number of carbonyl (C=O) groups is 8. The average molecular weight is 918 g/mol. The number of guanidine groups is 1. The average Bonchev–Trinajstić information content (AvgIpc) is 3.71. The first-order chi connectivity index (χ1) is 31.6. The van der Waals surface area contributed by atoms with Crippen LogP contribution in [0.15, 0.2) is 65.8 Å². The van der Waals surface area contributed by atoms with Gasteiger partial charge in [0.1, 0.15) is 6.54 Å². The molecule has 1 heterocycles. The predicted molar refractivity (Wildman–Crippen MR) is 250 cm³/mol. The minimum absolute atomic E-state index is 0.0121. The number of benzene rings is 2. The van der Waals surface area contributed by atoms with Gasteiger partial charge < -0.3 is 63.1 Å². The van der Waals surface area contributed by atoms with Crippen molar-refractivity contribution in [2.24, 2.45) is 27.9 Å². The Hall–Kier alpha value is -7.03. The Morgan fingerprint density at radius 1 is 0.621 bits per heavy atom. The Morgan fingerprint density at radius 2 is 1.18 bits per heavy atom. The lowest BCUT2D eigenvalue weighted by atomic mass is 10.1. The fraction of sp³-hybridized carbons (Fsp3) is 0.489. The molecule has 0 bridgehead atoms. The number of H-pyrrole nitrogens is 1. The van der Waals surface area contributed by atoms with Crippen LogP contribution in [0, 0.1) is 0 Å².